The monoisotopic (exact) mass is 199 g/mol. The van der Waals surface area contributed by atoms with Crippen molar-refractivity contribution in [1.29, 1.82) is 0 Å². The first-order chi connectivity index (χ1) is 6.64. The number of aliphatic hydroxyl groups is 1. The number of hydrogen-bond donors (Lipinski definition) is 2. The Bertz CT molecular complexity index is 172. The highest BCUT2D eigenvalue weighted by atomic mass is 16.3. The van der Waals surface area contributed by atoms with Gasteiger partial charge in [0.1, 0.15) is 0 Å². The molecule has 0 saturated heterocycles. The molecule has 0 bridgehead atoms. The van der Waals surface area contributed by atoms with Gasteiger partial charge in [-0.15, -0.1) is 0 Å². The van der Waals surface area contributed by atoms with Crippen molar-refractivity contribution >= 4 is 0 Å². The van der Waals surface area contributed by atoms with Gasteiger partial charge in [-0.25, -0.2) is 0 Å². The molecule has 0 aliphatic heterocycles. The third-order valence-corrected chi connectivity index (χ3v) is 3.90. The fourth-order valence-corrected chi connectivity index (χ4v) is 2.94. The first-order valence-corrected chi connectivity index (χ1v) is 6.01. The van der Waals surface area contributed by atoms with Crippen molar-refractivity contribution in [2.75, 3.05) is 13.6 Å². The molecule has 0 spiro atoms. The minimum absolute atomic E-state index is 0.478. The fourth-order valence-electron chi connectivity index (χ4n) is 2.94. The molecule has 0 aromatic carbocycles. The topological polar surface area (TPSA) is 32.3 Å². The molecule has 0 radical (unpaired) electrons. The van der Waals surface area contributed by atoms with Gasteiger partial charge in [0.2, 0.25) is 0 Å². The second-order valence-electron chi connectivity index (χ2n) is 4.86. The second-order valence-corrected chi connectivity index (χ2v) is 4.86. The molecule has 1 saturated carbocycles. The Kier molecular flexibility index (Phi) is 4.39. The zero-order chi connectivity index (χ0) is 10.6. The lowest BCUT2D eigenvalue weighted by molar-refractivity contribution is -0.0540. The van der Waals surface area contributed by atoms with Crippen LogP contribution in [0.25, 0.3) is 0 Å². The van der Waals surface area contributed by atoms with Gasteiger partial charge in [0.05, 0.1) is 5.60 Å². The van der Waals surface area contributed by atoms with Gasteiger partial charge in [-0.1, -0.05) is 33.1 Å². The smallest absolute Gasteiger partial charge is 0.0799 e. The van der Waals surface area contributed by atoms with Crippen molar-refractivity contribution in [2.24, 2.45) is 11.8 Å². The average Bonchev–Trinajstić information content (AvgIpc) is 2.18. The van der Waals surface area contributed by atoms with E-state index in [1.165, 1.54) is 25.7 Å². The van der Waals surface area contributed by atoms with Crippen LogP contribution in [0.2, 0.25) is 0 Å². The van der Waals surface area contributed by atoms with Crippen molar-refractivity contribution in [1.82, 2.24) is 5.32 Å². The van der Waals surface area contributed by atoms with Gasteiger partial charge in [0.25, 0.3) is 0 Å². The SMILES string of the molecule is CCC(O)(CNC)C1CCCCC1C. The Labute approximate surface area is 88.1 Å². The molecule has 2 nitrogen and oxygen atoms in total. The molecular formula is C12H25NO. The molecule has 1 fully saturated rings. The summed E-state index contributed by atoms with van der Waals surface area (Å²) in [5, 5.41) is 13.7. The van der Waals surface area contributed by atoms with Crippen LogP contribution in [0.4, 0.5) is 0 Å². The van der Waals surface area contributed by atoms with Crippen molar-refractivity contribution in [2.45, 2.75) is 51.6 Å². The van der Waals surface area contributed by atoms with Crippen LogP contribution in [0, 0.1) is 11.8 Å². The quantitative estimate of drug-likeness (QED) is 0.727. The van der Waals surface area contributed by atoms with Crippen LogP contribution in [-0.2, 0) is 0 Å². The van der Waals surface area contributed by atoms with E-state index in [2.05, 4.69) is 19.2 Å². The normalized spacial score (nSPS) is 32.6. The van der Waals surface area contributed by atoms with Crippen molar-refractivity contribution in [3.8, 4) is 0 Å². The van der Waals surface area contributed by atoms with Crippen LogP contribution in [0.3, 0.4) is 0 Å². The fraction of sp³-hybridized carbons (Fsp3) is 1.00. The molecule has 0 heterocycles. The molecule has 14 heavy (non-hydrogen) atoms. The Hall–Kier alpha value is -0.0800. The molecule has 1 aliphatic carbocycles. The van der Waals surface area contributed by atoms with Gasteiger partial charge >= 0.3 is 0 Å². The summed E-state index contributed by atoms with van der Waals surface area (Å²) in [6.07, 6.45) is 5.99. The predicted octanol–water partition coefficient (Wildman–Crippen LogP) is 2.17. The molecule has 1 rings (SSSR count). The molecule has 3 unspecified atom stereocenters. The summed E-state index contributed by atoms with van der Waals surface area (Å²) < 4.78 is 0. The largest absolute Gasteiger partial charge is 0.388 e. The molecule has 1 aliphatic rings. The summed E-state index contributed by atoms with van der Waals surface area (Å²) in [6.45, 7) is 5.12. The van der Waals surface area contributed by atoms with Gasteiger partial charge < -0.3 is 10.4 Å². The lowest BCUT2D eigenvalue weighted by Crippen LogP contribution is -2.48. The number of nitrogens with one attached hydrogen (secondary N) is 1. The first-order valence-electron chi connectivity index (χ1n) is 6.01. The minimum Gasteiger partial charge on any atom is -0.388 e. The average molecular weight is 199 g/mol. The summed E-state index contributed by atoms with van der Waals surface area (Å²) in [7, 11) is 1.92. The highest BCUT2D eigenvalue weighted by Crippen LogP contribution is 2.38. The van der Waals surface area contributed by atoms with Gasteiger partial charge in [0, 0.05) is 6.54 Å². The molecule has 3 atom stereocenters. The van der Waals surface area contributed by atoms with Gasteiger partial charge in [-0.05, 0) is 31.7 Å². The Morgan fingerprint density at radius 3 is 2.50 bits per heavy atom. The van der Waals surface area contributed by atoms with Crippen LogP contribution in [-0.4, -0.2) is 24.3 Å². The van der Waals surface area contributed by atoms with Crippen molar-refractivity contribution in [3.63, 3.8) is 0 Å². The molecule has 2 N–H and O–H groups in total. The van der Waals surface area contributed by atoms with Crippen LogP contribution >= 0.6 is 0 Å². The van der Waals surface area contributed by atoms with Gasteiger partial charge in [-0.2, -0.15) is 0 Å². The maximum absolute atomic E-state index is 10.6. The Balaban J connectivity index is 2.65. The zero-order valence-corrected chi connectivity index (χ0v) is 9.84. The molecule has 0 aromatic heterocycles. The summed E-state index contributed by atoms with van der Waals surface area (Å²) >= 11 is 0. The van der Waals surface area contributed by atoms with Gasteiger partial charge in [-0.3, -0.25) is 0 Å². The number of likely N-dealkylation sites (N-methyl/N-ethyl adjacent to an activating group) is 1. The summed E-state index contributed by atoms with van der Waals surface area (Å²) in [5.74, 6) is 1.18. The van der Waals surface area contributed by atoms with E-state index in [1.807, 2.05) is 7.05 Å². The molecule has 2 heteroatoms. The summed E-state index contributed by atoms with van der Waals surface area (Å²) in [4.78, 5) is 0. The lowest BCUT2D eigenvalue weighted by atomic mass is 9.69. The van der Waals surface area contributed by atoms with Crippen LogP contribution in [0.5, 0.6) is 0 Å². The predicted molar refractivity (Wildman–Crippen MR) is 60.3 cm³/mol. The van der Waals surface area contributed by atoms with E-state index in [4.69, 9.17) is 0 Å². The minimum atomic E-state index is -0.478. The zero-order valence-electron chi connectivity index (χ0n) is 9.84. The Morgan fingerprint density at radius 2 is 2.00 bits per heavy atom. The van der Waals surface area contributed by atoms with E-state index in [0.29, 0.717) is 11.8 Å². The first kappa shape index (κ1) is 12.0. The maximum atomic E-state index is 10.6. The third kappa shape index (κ3) is 2.48. The Morgan fingerprint density at radius 1 is 1.36 bits per heavy atom. The second kappa shape index (κ2) is 5.13. The van der Waals surface area contributed by atoms with Crippen LogP contribution in [0.15, 0.2) is 0 Å². The number of hydrogen-bond acceptors (Lipinski definition) is 2. The highest BCUT2D eigenvalue weighted by Gasteiger charge is 2.38. The van der Waals surface area contributed by atoms with E-state index in [-0.39, 0.29) is 0 Å². The van der Waals surface area contributed by atoms with Crippen molar-refractivity contribution < 1.29 is 5.11 Å². The van der Waals surface area contributed by atoms with Crippen LogP contribution in [0.1, 0.15) is 46.0 Å². The standard InChI is InChI=1S/C12H25NO/c1-4-12(14,9-13-3)11-8-6-5-7-10(11)2/h10-11,13-14H,4-9H2,1-3H3. The summed E-state index contributed by atoms with van der Waals surface area (Å²) in [6, 6.07) is 0. The van der Waals surface area contributed by atoms with Crippen LogP contribution < -0.4 is 5.32 Å². The van der Waals surface area contributed by atoms with Crippen molar-refractivity contribution in [3.05, 3.63) is 0 Å². The van der Waals surface area contributed by atoms with E-state index in [9.17, 15) is 5.11 Å². The third-order valence-electron chi connectivity index (χ3n) is 3.90. The van der Waals surface area contributed by atoms with E-state index in [1.54, 1.807) is 0 Å². The van der Waals surface area contributed by atoms with E-state index >= 15 is 0 Å². The molecular weight excluding hydrogens is 174 g/mol. The molecule has 84 valence electrons. The van der Waals surface area contributed by atoms with Gasteiger partial charge in [0.15, 0.2) is 0 Å². The number of rotatable bonds is 4. The molecule has 0 amide bonds. The molecule has 0 aromatic rings. The summed E-state index contributed by atoms with van der Waals surface area (Å²) in [5.41, 5.74) is -0.478. The maximum Gasteiger partial charge on any atom is 0.0799 e. The lowest BCUT2D eigenvalue weighted by Gasteiger charge is -2.41. The van der Waals surface area contributed by atoms with E-state index < -0.39 is 5.60 Å². The highest BCUT2D eigenvalue weighted by molar-refractivity contribution is 4.91. The van der Waals surface area contributed by atoms with E-state index in [0.717, 1.165) is 13.0 Å².